The SMILES string of the molecule is COc1cc2ccc(C(=O)C(Br)Br)cc2cc1OC. The molecule has 0 saturated carbocycles. The average molecular weight is 388 g/mol. The number of halogens is 2. The minimum Gasteiger partial charge on any atom is -0.493 e. The van der Waals surface area contributed by atoms with E-state index in [1.165, 1.54) is 0 Å². The molecule has 0 atom stereocenters. The van der Waals surface area contributed by atoms with E-state index in [2.05, 4.69) is 31.9 Å². The summed E-state index contributed by atoms with van der Waals surface area (Å²) in [5.41, 5.74) is 0.637. The molecule has 0 fully saturated rings. The average Bonchev–Trinajstić information content (AvgIpc) is 2.44. The standard InChI is InChI=1S/C14H12Br2O3/c1-18-11-6-8-3-4-9(13(17)14(15)16)5-10(8)7-12(11)19-2/h3-7,14H,1-2H3. The molecule has 5 heteroatoms. The topological polar surface area (TPSA) is 35.5 Å². The van der Waals surface area contributed by atoms with Crippen LogP contribution in [-0.2, 0) is 0 Å². The van der Waals surface area contributed by atoms with Gasteiger partial charge < -0.3 is 9.47 Å². The first-order valence-corrected chi connectivity index (χ1v) is 7.38. The lowest BCUT2D eigenvalue weighted by Gasteiger charge is -2.10. The predicted molar refractivity (Wildman–Crippen MR) is 83.0 cm³/mol. The lowest BCUT2D eigenvalue weighted by atomic mass is 10.0. The quantitative estimate of drug-likeness (QED) is 0.583. The Kier molecular flexibility index (Phi) is 4.47. The van der Waals surface area contributed by atoms with Gasteiger partial charge in [-0.05, 0) is 29.0 Å². The lowest BCUT2D eigenvalue weighted by molar-refractivity contribution is 0.101. The first-order chi connectivity index (χ1) is 9.06. The van der Waals surface area contributed by atoms with Crippen LogP contribution < -0.4 is 9.47 Å². The molecule has 0 aliphatic rings. The molecule has 0 aliphatic heterocycles. The van der Waals surface area contributed by atoms with Crippen LogP contribution in [0, 0.1) is 0 Å². The zero-order chi connectivity index (χ0) is 14.0. The molecule has 2 aromatic rings. The number of alkyl halides is 2. The molecule has 0 saturated heterocycles. The third-order valence-electron chi connectivity index (χ3n) is 2.83. The van der Waals surface area contributed by atoms with Gasteiger partial charge in [0.25, 0.3) is 0 Å². The van der Waals surface area contributed by atoms with Crippen molar-refractivity contribution in [2.24, 2.45) is 0 Å². The summed E-state index contributed by atoms with van der Waals surface area (Å²) in [7, 11) is 3.19. The zero-order valence-corrected chi connectivity index (χ0v) is 13.6. The van der Waals surface area contributed by atoms with E-state index in [0.717, 1.165) is 10.8 Å². The number of ketones is 1. The summed E-state index contributed by atoms with van der Waals surface area (Å²) in [5, 5.41) is 1.93. The van der Waals surface area contributed by atoms with Gasteiger partial charge in [-0.25, -0.2) is 0 Å². The van der Waals surface area contributed by atoms with Crippen molar-refractivity contribution in [3.8, 4) is 11.5 Å². The van der Waals surface area contributed by atoms with E-state index in [1.54, 1.807) is 20.3 Å². The van der Waals surface area contributed by atoms with Gasteiger partial charge in [-0.2, -0.15) is 0 Å². The summed E-state index contributed by atoms with van der Waals surface area (Å²) in [6, 6.07) is 9.29. The first kappa shape index (κ1) is 14.3. The molecule has 0 radical (unpaired) electrons. The van der Waals surface area contributed by atoms with Crippen molar-refractivity contribution in [3.63, 3.8) is 0 Å². The second-order valence-corrected chi connectivity index (χ2v) is 6.99. The predicted octanol–water partition coefficient (Wildman–Crippen LogP) is 4.16. The van der Waals surface area contributed by atoms with E-state index >= 15 is 0 Å². The molecule has 3 nitrogen and oxygen atoms in total. The van der Waals surface area contributed by atoms with Gasteiger partial charge in [0, 0.05) is 5.56 Å². The maximum atomic E-state index is 11.9. The molecule has 2 rings (SSSR count). The Morgan fingerprint density at radius 3 is 2.11 bits per heavy atom. The highest BCUT2D eigenvalue weighted by Gasteiger charge is 2.14. The Labute approximate surface area is 128 Å². The smallest absolute Gasteiger partial charge is 0.187 e. The van der Waals surface area contributed by atoms with Gasteiger partial charge in [-0.3, -0.25) is 4.79 Å². The third-order valence-corrected chi connectivity index (χ3v) is 3.66. The summed E-state index contributed by atoms with van der Waals surface area (Å²) < 4.78 is 10.1. The Hall–Kier alpha value is -1.07. The summed E-state index contributed by atoms with van der Waals surface area (Å²) in [6.45, 7) is 0. The van der Waals surface area contributed by atoms with Crippen molar-refractivity contribution in [2.45, 2.75) is 3.74 Å². The molecule has 100 valence electrons. The van der Waals surface area contributed by atoms with E-state index < -0.39 is 0 Å². The lowest BCUT2D eigenvalue weighted by Crippen LogP contribution is -2.06. The summed E-state index contributed by atoms with van der Waals surface area (Å²) in [5.74, 6) is 1.30. The van der Waals surface area contributed by atoms with Gasteiger partial charge in [0.05, 0.1) is 14.2 Å². The number of fused-ring (bicyclic) bond motifs is 1. The number of Topliss-reactive ketones (excluding diaryl/α,β-unsaturated/α-hetero) is 1. The van der Waals surface area contributed by atoms with Crippen molar-refractivity contribution >= 4 is 48.4 Å². The maximum Gasteiger partial charge on any atom is 0.187 e. The van der Waals surface area contributed by atoms with Crippen LogP contribution in [0.1, 0.15) is 10.4 Å². The van der Waals surface area contributed by atoms with E-state index in [9.17, 15) is 4.79 Å². The van der Waals surface area contributed by atoms with Crippen LogP contribution in [0.4, 0.5) is 0 Å². The van der Waals surface area contributed by atoms with Gasteiger partial charge in [0.15, 0.2) is 17.3 Å². The summed E-state index contributed by atoms with van der Waals surface area (Å²) in [4.78, 5) is 11.9. The zero-order valence-electron chi connectivity index (χ0n) is 10.4. The number of rotatable bonds is 4. The molecule has 2 aromatic carbocycles. The van der Waals surface area contributed by atoms with Crippen LogP contribution in [0.3, 0.4) is 0 Å². The summed E-state index contributed by atoms with van der Waals surface area (Å²) >= 11 is 6.43. The number of hydrogen-bond donors (Lipinski definition) is 0. The second-order valence-electron chi connectivity index (χ2n) is 3.93. The van der Waals surface area contributed by atoms with Crippen LogP contribution in [0.25, 0.3) is 10.8 Å². The van der Waals surface area contributed by atoms with Crippen molar-refractivity contribution < 1.29 is 14.3 Å². The molecule has 0 aliphatic carbocycles. The Morgan fingerprint density at radius 1 is 1.00 bits per heavy atom. The minimum atomic E-state index is -0.377. The molecular weight excluding hydrogens is 376 g/mol. The van der Waals surface area contributed by atoms with Crippen molar-refractivity contribution in [1.82, 2.24) is 0 Å². The largest absolute Gasteiger partial charge is 0.493 e. The Morgan fingerprint density at radius 2 is 1.58 bits per heavy atom. The van der Waals surface area contributed by atoms with Crippen molar-refractivity contribution in [2.75, 3.05) is 14.2 Å². The van der Waals surface area contributed by atoms with E-state index in [-0.39, 0.29) is 9.52 Å². The number of hydrogen-bond acceptors (Lipinski definition) is 3. The molecular formula is C14H12Br2O3. The first-order valence-electron chi connectivity index (χ1n) is 5.55. The van der Waals surface area contributed by atoms with Gasteiger partial charge in [0.1, 0.15) is 3.74 Å². The molecule has 0 bridgehead atoms. The van der Waals surface area contributed by atoms with E-state index in [0.29, 0.717) is 17.1 Å². The van der Waals surface area contributed by atoms with Gasteiger partial charge >= 0.3 is 0 Å². The normalized spacial score (nSPS) is 10.8. The van der Waals surface area contributed by atoms with Crippen molar-refractivity contribution in [3.05, 3.63) is 35.9 Å². The van der Waals surface area contributed by atoms with Crippen LogP contribution in [-0.4, -0.2) is 23.7 Å². The number of ether oxygens (including phenoxy) is 2. The fourth-order valence-corrected chi connectivity index (χ4v) is 2.38. The molecule has 0 N–H and O–H groups in total. The number of carbonyl (C=O) groups is 1. The Bertz CT molecular complexity index is 623. The minimum absolute atomic E-state index is 0.0170. The van der Waals surface area contributed by atoms with Crippen LogP contribution >= 0.6 is 31.9 Å². The van der Waals surface area contributed by atoms with E-state index in [4.69, 9.17) is 9.47 Å². The summed E-state index contributed by atoms with van der Waals surface area (Å²) in [6.07, 6.45) is 0. The highest BCUT2D eigenvalue weighted by Crippen LogP contribution is 2.32. The molecule has 0 heterocycles. The molecule has 0 aromatic heterocycles. The van der Waals surface area contributed by atoms with Crippen LogP contribution in [0.5, 0.6) is 11.5 Å². The van der Waals surface area contributed by atoms with Crippen LogP contribution in [0.15, 0.2) is 30.3 Å². The molecule has 19 heavy (non-hydrogen) atoms. The third kappa shape index (κ3) is 2.92. The fourth-order valence-electron chi connectivity index (χ4n) is 1.85. The maximum absolute atomic E-state index is 11.9. The molecule has 0 spiro atoms. The molecule has 0 amide bonds. The second kappa shape index (κ2) is 5.92. The number of carbonyl (C=O) groups excluding carboxylic acids is 1. The molecule has 0 unspecified atom stereocenters. The Balaban J connectivity index is 2.57. The van der Waals surface area contributed by atoms with Gasteiger partial charge in [-0.15, -0.1) is 0 Å². The van der Waals surface area contributed by atoms with Crippen LogP contribution in [0.2, 0.25) is 0 Å². The highest BCUT2D eigenvalue weighted by atomic mass is 79.9. The van der Waals surface area contributed by atoms with E-state index in [1.807, 2.05) is 24.3 Å². The number of methoxy groups -OCH3 is 2. The number of benzene rings is 2. The monoisotopic (exact) mass is 386 g/mol. The highest BCUT2D eigenvalue weighted by molar-refractivity contribution is 9.25. The van der Waals surface area contributed by atoms with Gasteiger partial charge in [-0.1, -0.05) is 44.0 Å². The van der Waals surface area contributed by atoms with Crippen molar-refractivity contribution in [1.29, 1.82) is 0 Å². The fraction of sp³-hybridized carbons (Fsp3) is 0.214. The van der Waals surface area contributed by atoms with Gasteiger partial charge in [0.2, 0.25) is 0 Å².